The normalized spacial score (nSPS) is 12.2. The Labute approximate surface area is 156 Å². The Morgan fingerprint density at radius 1 is 1.12 bits per heavy atom. The summed E-state index contributed by atoms with van der Waals surface area (Å²) in [5.41, 5.74) is 2.46. The first-order valence-electron chi connectivity index (χ1n) is 8.29. The highest BCUT2D eigenvalue weighted by Gasteiger charge is 2.11. The van der Waals surface area contributed by atoms with Crippen LogP contribution in [0.4, 0.5) is 0 Å². The third kappa shape index (κ3) is 3.69. The van der Waals surface area contributed by atoms with E-state index < -0.39 is 0 Å². The lowest BCUT2D eigenvalue weighted by atomic mass is 10.1. The van der Waals surface area contributed by atoms with Gasteiger partial charge in [-0.1, -0.05) is 23.7 Å². The zero-order chi connectivity index (χ0) is 18.7. The number of fused-ring (bicyclic) bond motifs is 1. The molecule has 3 aromatic rings. The van der Waals surface area contributed by atoms with Gasteiger partial charge in [-0.15, -0.1) is 0 Å². The molecule has 0 aliphatic heterocycles. The van der Waals surface area contributed by atoms with Crippen molar-refractivity contribution in [3.63, 3.8) is 0 Å². The van der Waals surface area contributed by atoms with Crippen molar-refractivity contribution in [3.05, 3.63) is 69.0 Å². The quantitative estimate of drug-likeness (QED) is 0.685. The summed E-state index contributed by atoms with van der Waals surface area (Å²) in [7, 11) is 3.23. The summed E-state index contributed by atoms with van der Waals surface area (Å²) in [5, 5.41) is 4.53. The Morgan fingerprint density at radius 2 is 1.88 bits per heavy atom. The number of hydrogen-bond donors (Lipinski definition) is 2. The summed E-state index contributed by atoms with van der Waals surface area (Å²) in [6.07, 6.45) is 0. The SMILES string of the molecule is COc1ccc([C@@H](C)NCc2cc(=O)c3cccc(Cl)c3[nH]2)cc1OC. The van der Waals surface area contributed by atoms with Gasteiger partial charge in [-0.25, -0.2) is 0 Å². The summed E-state index contributed by atoms with van der Waals surface area (Å²) < 4.78 is 10.6. The first kappa shape index (κ1) is 18.3. The second kappa shape index (κ2) is 7.81. The highest BCUT2D eigenvalue weighted by Crippen LogP contribution is 2.30. The zero-order valence-electron chi connectivity index (χ0n) is 14.9. The molecule has 3 rings (SSSR count). The fourth-order valence-electron chi connectivity index (χ4n) is 2.89. The lowest BCUT2D eigenvalue weighted by Crippen LogP contribution is -2.20. The van der Waals surface area contributed by atoms with Crippen LogP contribution in [0.3, 0.4) is 0 Å². The summed E-state index contributed by atoms with van der Waals surface area (Å²) in [4.78, 5) is 15.5. The van der Waals surface area contributed by atoms with Gasteiger partial charge in [0, 0.05) is 29.7 Å². The fourth-order valence-corrected chi connectivity index (χ4v) is 3.11. The zero-order valence-corrected chi connectivity index (χ0v) is 15.7. The van der Waals surface area contributed by atoms with Gasteiger partial charge >= 0.3 is 0 Å². The van der Waals surface area contributed by atoms with Gasteiger partial charge in [0.2, 0.25) is 0 Å². The molecule has 5 nitrogen and oxygen atoms in total. The molecule has 0 amide bonds. The number of benzene rings is 2. The van der Waals surface area contributed by atoms with Gasteiger partial charge in [0.05, 0.1) is 24.8 Å². The number of aromatic amines is 1. The van der Waals surface area contributed by atoms with E-state index in [1.165, 1.54) is 0 Å². The second-order valence-corrected chi connectivity index (χ2v) is 6.45. The van der Waals surface area contributed by atoms with E-state index in [1.807, 2.05) is 25.1 Å². The highest BCUT2D eigenvalue weighted by atomic mass is 35.5. The van der Waals surface area contributed by atoms with Crippen LogP contribution in [0, 0.1) is 0 Å². The van der Waals surface area contributed by atoms with Crippen molar-refractivity contribution in [2.24, 2.45) is 0 Å². The number of rotatable bonds is 6. The van der Waals surface area contributed by atoms with Crippen LogP contribution in [0.5, 0.6) is 11.5 Å². The van der Waals surface area contributed by atoms with Crippen molar-refractivity contribution in [2.45, 2.75) is 19.5 Å². The van der Waals surface area contributed by atoms with E-state index in [0.29, 0.717) is 34.0 Å². The Hall–Kier alpha value is -2.50. The highest BCUT2D eigenvalue weighted by molar-refractivity contribution is 6.35. The van der Waals surface area contributed by atoms with Gasteiger partial charge < -0.3 is 19.8 Å². The molecule has 0 saturated heterocycles. The van der Waals surface area contributed by atoms with Crippen molar-refractivity contribution in [2.75, 3.05) is 14.2 Å². The molecule has 2 N–H and O–H groups in total. The molecule has 0 radical (unpaired) electrons. The van der Waals surface area contributed by atoms with Crippen LogP contribution < -0.4 is 20.2 Å². The van der Waals surface area contributed by atoms with Crippen LogP contribution >= 0.6 is 11.6 Å². The van der Waals surface area contributed by atoms with Crippen molar-refractivity contribution in [3.8, 4) is 11.5 Å². The number of halogens is 1. The Morgan fingerprint density at radius 3 is 2.62 bits per heavy atom. The summed E-state index contributed by atoms with van der Waals surface area (Å²) in [6.45, 7) is 2.55. The molecule has 6 heteroatoms. The van der Waals surface area contributed by atoms with Crippen LogP contribution in [0.1, 0.15) is 24.2 Å². The molecule has 0 aliphatic rings. The van der Waals surface area contributed by atoms with Crippen molar-refractivity contribution in [1.82, 2.24) is 10.3 Å². The van der Waals surface area contributed by atoms with E-state index in [9.17, 15) is 4.79 Å². The number of nitrogens with one attached hydrogen (secondary N) is 2. The molecule has 0 unspecified atom stereocenters. The molecular weight excluding hydrogens is 352 g/mol. The molecule has 0 fully saturated rings. The standard InChI is InChI=1S/C20H21ClN2O3/c1-12(13-7-8-18(25-2)19(9-13)26-3)22-11-14-10-17(24)15-5-4-6-16(21)20(15)23-14/h4-10,12,22H,11H2,1-3H3,(H,23,24)/t12-/m1/s1. The maximum Gasteiger partial charge on any atom is 0.189 e. The van der Waals surface area contributed by atoms with Gasteiger partial charge in [0.25, 0.3) is 0 Å². The maximum atomic E-state index is 12.3. The summed E-state index contributed by atoms with van der Waals surface area (Å²) in [6, 6.07) is 12.8. The fraction of sp³-hybridized carbons (Fsp3) is 0.250. The smallest absolute Gasteiger partial charge is 0.189 e. The van der Waals surface area contributed by atoms with Gasteiger partial charge in [-0.05, 0) is 36.8 Å². The third-order valence-electron chi connectivity index (χ3n) is 4.38. The molecule has 2 aromatic carbocycles. The molecule has 1 atom stereocenters. The van der Waals surface area contributed by atoms with Gasteiger partial charge in [-0.3, -0.25) is 4.79 Å². The van der Waals surface area contributed by atoms with Crippen LogP contribution in [0.2, 0.25) is 5.02 Å². The Balaban J connectivity index is 1.79. The van der Waals surface area contributed by atoms with Gasteiger partial charge in [0.15, 0.2) is 16.9 Å². The minimum atomic E-state index is -0.0446. The first-order valence-corrected chi connectivity index (χ1v) is 8.67. The largest absolute Gasteiger partial charge is 0.493 e. The summed E-state index contributed by atoms with van der Waals surface area (Å²) >= 11 is 6.21. The van der Waals surface area contributed by atoms with Crippen LogP contribution in [0.15, 0.2) is 47.3 Å². The predicted octanol–water partition coefficient (Wildman–Crippen LogP) is 4.05. The average molecular weight is 373 g/mol. The number of methoxy groups -OCH3 is 2. The molecule has 26 heavy (non-hydrogen) atoms. The lowest BCUT2D eigenvalue weighted by molar-refractivity contribution is 0.354. The van der Waals surface area contributed by atoms with E-state index in [4.69, 9.17) is 21.1 Å². The molecule has 0 bridgehead atoms. The number of pyridine rings is 1. The Bertz CT molecular complexity index is 984. The summed E-state index contributed by atoms with van der Waals surface area (Å²) in [5.74, 6) is 1.38. The first-order chi connectivity index (χ1) is 12.5. The van der Waals surface area contributed by atoms with Gasteiger partial charge in [-0.2, -0.15) is 0 Å². The number of aromatic nitrogens is 1. The lowest BCUT2D eigenvalue weighted by Gasteiger charge is -2.17. The number of H-pyrrole nitrogens is 1. The number of ether oxygens (including phenoxy) is 2. The second-order valence-electron chi connectivity index (χ2n) is 6.04. The van der Waals surface area contributed by atoms with Crippen LogP contribution in [-0.4, -0.2) is 19.2 Å². The van der Waals surface area contributed by atoms with Crippen LogP contribution in [0.25, 0.3) is 10.9 Å². The molecule has 136 valence electrons. The minimum Gasteiger partial charge on any atom is -0.493 e. The molecule has 0 saturated carbocycles. The maximum absolute atomic E-state index is 12.3. The van der Waals surface area contributed by atoms with E-state index in [1.54, 1.807) is 38.5 Å². The average Bonchev–Trinajstić information content (AvgIpc) is 2.66. The molecule has 0 spiro atoms. The van der Waals surface area contributed by atoms with Crippen molar-refractivity contribution < 1.29 is 9.47 Å². The molecule has 0 aliphatic carbocycles. The van der Waals surface area contributed by atoms with E-state index >= 15 is 0 Å². The predicted molar refractivity (Wildman–Crippen MR) is 104 cm³/mol. The van der Waals surface area contributed by atoms with Crippen molar-refractivity contribution in [1.29, 1.82) is 0 Å². The monoisotopic (exact) mass is 372 g/mol. The van der Waals surface area contributed by atoms with Gasteiger partial charge in [0.1, 0.15) is 0 Å². The Kier molecular flexibility index (Phi) is 5.49. The third-order valence-corrected chi connectivity index (χ3v) is 4.69. The molecule has 1 heterocycles. The van der Waals surface area contributed by atoms with Crippen molar-refractivity contribution >= 4 is 22.5 Å². The van der Waals surface area contributed by atoms with E-state index in [2.05, 4.69) is 10.3 Å². The minimum absolute atomic E-state index is 0.0446. The van der Waals surface area contributed by atoms with Crippen LogP contribution in [-0.2, 0) is 6.54 Å². The topological polar surface area (TPSA) is 63.3 Å². The molecular formula is C20H21ClN2O3. The van der Waals surface area contributed by atoms with E-state index in [0.717, 1.165) is 11.3 Å². The molecule has 1 aromatic heterocycles. The van der Waals surface area contributed by atoms with E-state index in [-0.39, 0.29) is 11.5 Å². The number of hydrogen-bond acceptors (Lipinski definition) is 4. The number of para-hydroxylation sites is 1.